The number of ether oxygens (including phenoxy) is 2. The highest BCUT2D eigenvalue weighted by molar-refractivity contribution is 5.75. The van der Waals surface area contributed by atoms with E-state index < -0.39 is 17.3 Å². The first-order valence-corrected chi connectivity index (χ1v) is 18.1. The molecule has 0 radical (unpaired) electrons. The van der Waals surface area contributed by atoms with Crippen molar-refractivity contribution >= 4 is 12.2 Å². The molecule has 4 aromatic rings. The Morgan fingerprint density at radius 2 is 1.48 bits per heavy atom. The molecule has 2 aliphatic carbocycles. The van der Waals surface area contributed by atoms with E-state index in [1.807, 2.05) is 31.9 Å². The normalized spacial score (nSPS) is 17.7. The summed E-state index contributed by atoms with van der Waals surface area (Å²) in [6.07, 6.45) is 11.0. The molecule has 10 nitrogen and oxygen atoms in total. The lowest BCUT2D eigenvalue weighted by molar-refractivity contribution is 0.0218. The Morgan fingerprint density at radius 3 is 2.14 bits per heavy atom. The molecule has 266 valence electrons. The number of rotatable bonds is 4. The van der Waals surface area contributed by atoms with Crippen LogP contribution in [0.25, 0.3) is 33.6 Å². The van der Waals surface area contributed by atoms with Gasteiger partial charge >= 0.3 is 12.2 Å². The molecule has 2 aromatic carbocycles. The minimum Gasteiger partial charge on any atom is -0.444 e. The smallest absolute Gasteiger partial charge is 0.410 e. The van der Waals surface area contributed by atoms with Crippen molar-refractivity contribution in [2.75, 3.05) is 6.54 Å². The molecule has 3 aliphatic rings. The predicted octanol–water partition coefficient (Wildman–Crippen LogP) is 9.23. The van der Waals surface area contributed by atoms with E-state index in [1.165, 1.54) is 59.2 Å². The summed E-state index contributed by atoms with van der Waals surface area (Å²) in [4.78, 5) is 41.8. The van der Waals surface area contributed by atoms with Crippen LogP contribution in [0, 0.1) is 0 Å². The minimum absolute atomic E-state index is 0.0721. The van der Waals surface area contributed by atoms with Gasteiger partial charge in [0, 0.05) is 23.7 Å². The molecule has 1 saturated heterocycles. The van der Waals surface area contributed by atoms with E-state index >= 15 is 0 Å². The van der Waals surface area contributed by atoms with E-state index in [0.717, 1.165) is 55.1 Å². The zero-order chi connectivity index (χ0) is 35.6. The lowest BCUT2D eigenvalue weighted by Gasteiger charge is -2.27. The standard InChI is InChI=1S/C35H41N5O2.C5H11NO2/c1-35(2,3)42-34(41)40-19-7-12-30(40)33-37-28-11-6-10-26-20-25(17-18-27(26)31(28)39-33)22-13-15-23(16-14-22)29-21-36-32(38-29)24-8-4-5-9-24;1-5(2,3)8-4(6)7/h13-18,20-21,24,30H,4-12,19H2,1-3H3,(H,36,38)(H,37,39);1-3H3,(H2,6,7)/t30-;/m0./s1. The summed E-state index contributed by atoms with van der Waals surface area (Å²) in [6, 6.07) is 15.5. The monoisotopic (exact) mass is 680 g/mol. The molecular formula is C40H52N6O4. The van der Waals surface area contributed by atoms with Crippen LogP contribution in [0.15, 0.2) is 48.7 Å². The summed E-state index contributed by atoms with van der Waals surface area (Å²) in [7, 11) is 0. The van der Waals surface area contributed by atoms with Crippen molar-refractivity contribution in [2.24, 2.45) is 5.73 Å². The molecule has 10 heteroatoms. The second-order valence-electron chi connectivity index (χ2n) is 15.8. The van der Waals surface area contributed by atoms with E-state index in [9.17, 15) is 9.59 Å². The van der Waals surface area contributed by atoms with Gasteiger partial charge in [-0.05, 0) is 109 Å². The summed E-state index contributed by atoms with van der Waals surface area (Å²) >= 11 is 0. The van der Waals surface area contributed by atoms with Gasteiger partial charge in [-0.3, -0.25) is 4.90 Å². The number of imidazole rings is 2. The SMILES string of the molecule is CC(C)(C)OC(=O)N1CCC[C@H]1c1nc2c([nH]1)CCCc1cc(-c3ccc(-c4cnc(C5CCCC5)[nH]4)cc3)ccc1-2.CC(C)(C)OC(N)=O. The Balaban J connectivity index is 0.000000485. The van der Waals surface area contributed by atoms with E-state index in [2.05, 4.69) is 57.2 Å². The van der Waals surface area contributed by atoms with Crippen molar-refractivity contribution in [1.29, 1.82) is 0 Å². The van der Waals surface area contributed by atoms with Crippen LogP contribution in [0.4, 0.5) is 9.59 Å². The number of hydrogen-bond acceptors (Lipinski definition) is 6. The average molecular weight is 681 g/mol. The first kappa shape index (κ1) is 35.2. The number of nitrogens with one attached hydrogen (secondary N) is 2. The maximum atomic E-state index is 12.9. The van der Waals surface area contributed by atoms with Crippen LogP contribution >= 0.6 is 0 Å². The first-order chi connectivity index (χ1) is 23.7. The van der Waals surface area contributed by atoms with Gasteiger partial charge in [0.05, 0.1) is 23.6 Å². The van der Waals surface area contributed by atoms with Gasteiger partial charge in [0.2, 0.25) is 0 Å². The number of likely N-dealkylation sites (tertiary alicyclic amines) is 1. The Morgan fingerprint density at radius 1 is 0.800 bits per heavy atom. The summed E-state index contributed by atoms with van der Waals surface area (Å²) in [6.45, 7) is 11.7. The Kier molecular flexibility index (Phi) is 10.1. The number of fused-ring (bicyclic) bond motifs is 3. The van der Waals surface area contributed by atoms with Gasteiger partial charge in [-0.25, -0.2) is 19.6 Å². The van der Waals surface area contributed by atoms with Crippen LogP contribution in [0.1, 0.15) is 121 Å². The molecular weight excluding hydrogens is 628 g/mol. The number of benzene rings is 2. The molecule has 1 atom stereocenters. The lowest BCUT2D eigenvalue weighted by atomic mass is 9.95. The molecule has 0 spiro atoms. The quantitative estimate of drug-likeness (QED) is 0.196. The maximum absolute atomic E-state index is 12.9. The second kappa shape index (κ2) is 14.3. The molecule has 50 heavy (non-hydrogen) atoms. The molecule has 0 unspecified atom stereocenters. The van der Waals surface area contributed by atoms with Gasteiger partial charge in [0.25, 0.3) is 0 Å². The zero-order valence-corrected chi connectivity index (χ0v) is 30.4. The number of carbonyl (C=O) groups excluding carboxylic acids is 2. The molecule has 7 rings (SSSR count). The molecule has 2 aromatic heterocycles. The average Bonchev–Trinajstić information content (AvgIpc) is 3.85. The summed E-state index contributed by atoms with van der Waals surface area (Å²) in [5.41, 5.74) is 13.2. The van der Waals surface area contributed by atoms with Crippen LogP contribution in [-0.2, 0) is 22.3 Å². The first-order valence-electron chi connectivity index (χ1n) is 18.1. The number of aryl methyl sites for hydroxylation is 2. The molecule has 1 aliphatic heterocycles. The number of amides is 2. The summed E-state index contributed by atoms with van der Waals surface area (Å²) < 4.78 is 10.3. The van der Waals surface area contributed by atoms with Gasteiger partial charge in [-0.2, -0.15) is 0 Å². The molecule has 0 bridgehead atoms. The van der Waals surface area contributed by atoms with Crippen LogP contribution in [0.5, 0.6) is 0 Å². The molecule has 2 amide bonds. The Bertz CT molecular complexity index is 1800. The van der Waals surface area contributed by atoms with Crippen molar-refractivity contribution < 1.29 is 19.1 Å². The van der Waals surface area contributed by atoms with Crippen LogP contribution in [0.2, 0.25) is 0 Å². The fraction of sp³-hybridized carbons (Fsp3) is 0.500. The van der Waals surface area contributed by atoms with Crippen LogP contribution in [0.3, 0.4) is 0 Å². The molecule has 4 N–H and O–H groups in total. The third-order valence-corrected chi connectivity index (χ3v) is 9.50. The fourth-order valence-electron chi connectivity index (χ4n) is 7.28. The van der Waals surface area contributed by atoms with Crippen LogP contribution < -0.4 is 5.73 Å². The van der Waals surface area contributed by atoms with Crippen molar-refractivity contribution in [2.45, 2.75) is 122 Å². The summed E-state index contributed by atoms with van der Waals surface area (Å²) in [5.74, 6) is 2.61. The van der Waals surface area contributed by atoms with Gasteiger partial charge in [0.15, 0.2) is 0 Å². The number of nitrogens with two attached hydrogens (primary N) is 1. The van der Waals surface area contributed by atoms with Crippen LogP contribution in [-0.4, -0.2) is 54.8 Å². The lowest BCUT2D eigenvalue weighted by Crippen LogP contribution is -2.36. The highest BCUT2D eigenvalue weighted by Crippen LogP contribution is 2.39. The van der Waals surface area contributed by atoms with E-state index in [-0.39, 0.29) is 12.1 Å². The number of hydrogen-bond donors (Lipinski definition) is 3. The van der Waals surface area contributed by atoms with E-state index in [1.54, 1.807) is 20.8 Å². The van der Waals surface area contributed by atoms with Crippen molar-refractivity contribution in [3.63, 3.8) is 0 Å². The van der Waals surface area contributed by atoms with Crippen molar-refractivity contribution in [1.82, 2.24) is 24.8 Å². The number of nitrogens with zero attached hydrogens (tertiary/aromatic N) is 3. The Labute approximate surface area is 295 Å². The van der Waals surface area contributed by atoms with E-state index in [4.69, 9.17) is 20.4 Å². The maximum Gasteiger partial charge on any atom is 0.410 e. The fourth-order valence-corrected chi connectivity index (χ4v) is 7.28. The van der Waals surface area contributed by atoms with E-state index in [0.29, 0.717) is 12.5 Å². The predicted molar refractivity (Wildman–Crippen MR) is 196 cm³/mol. The number of carbonyl (C=O) groups is 2. The van der Waals surface area contributed by atoms with Crippen molar-refractivity contribution in [3.05, 3.63) is 71.6 Å². The van der Waals surface area contributed by atoms with Gasteiger partial charge in [-0.15, -0.1) is 0 Å². The number of aromatic amines is 2. The number of primary amides is 1. The molecule has 2 fully saturated rings. The third-order valence-electron chi connectivity index (χ3n) is 9.50. The topological polar surface area (TPSA) is 139 Å². The van der Waals surface area contributed by atoms with Crippen molar-refractivity contribution in [3.8, 4) is 33.6 Å². The van der Waals surface area contributed by atoms with Gasteiger partial charge < -0.3 is 25.2 Å². The minimum atomic E-state index is -0.725. The number of aromatic nitrogens is 4. The number of H-pyrrole nitrogens is 2. The second-order valence-corrected chi connectivity index (χ2v) is 15.8. The van der Waals surface area contributed by atoms with Gasteiger partial charge in [0.1, 0.15) is 22.9 Å². The van der Waals surface area contributed by atoms with Gasteiger partial charge in [-0.1, -0.05) is 55.3 Å². The third kappa shape index (κ3) is 8.40. The highest BCUT2D eigenvalue weighted by Gasteiger charge is 2.36. The molecule has 3 heterocycles. The highest BCUT2D eigenvalue weighted by atomic mass is 16.6. The Hall–Kier alpha value is -4.60. The largest absolute Gasteiger partial charge is 0.444 e. The molecule has 1 saturated carbocycles. The summed E-state index contributed by atoms with van der Waals surface area (Å²) in [5, 5.41) is 0. The zero-order valence-electron chi connectivity index (χ0n) is 30.4.